The third-order valence-electron chi connectivity index (χ3n) is 10.2. The van der Waals surface area contributed by atoms with Crippen LogP contribution in [0.4, 0.5) is 20.3 Å². The molecule has 3 N–H and O–H groups in total. The number of nitrogens with zero attached hydrogens (tertiary/aromatic N) is 7. The van der Waals surface area contributed by atoms with Gasteiger partial charge >= 0.3 is 0 Å². The molecule has 0 aromatic carbocycles. The molecule has 3 aliphatic heterocycles. The molecule has 6 heterocycles. The van der Waals surface area contributed by atoms with E-state index in [0.29, 0.717) is 56.8 Å². The number of amides is 1. The van der Waals surface area contributed by atoms with Crippen LogP contribution in [0.2, 0.25) is 0 Å². The molecule has 4 fully saturated rings. The molecule has 45 heavy (non-hydrogen) atoms. The summed E-state index contributed by atoms with van der Waals surface area (Å²) in [7, 11) is 2.06. The number of ether oxygens (including phenoxy) is 1. The number of aliphatic hydroxyl groups is 1. The Bertz CT molecular complexity index is 1500. The molecule has 14 heteroatoms. The monoisotopic (exact) mass is 627 g/mol. The quantitative estimate of drug-likeness (QED) is 0.311. The van der Waals surface area contributed by atoms with E-state index in [1.807, 2.05) is 0 Å². The SMILES string of the molecule is CN(CCC1CCNCC1)CC1(O)CCC(n2cc(NC(=O)c3c(N4C[C@H]5C[C@@H]4CO5)nn4cccnc34)c(C(F)F)n2)CC1. The molecule has 7 rings (SSSR count). The van der Waals surface area contributed by atoms with Crippen molar-refractivity contribution in [3.8, 4) is 0 Å². The zero-order chi connectivity index (χ0) is 31.1. The van der Waals surface area contributed by atoms with Crippen LogP contribution in [0.15, 0.2) is 24.7 Å². The van der Waals surface area contributed by atoms with Crippen LogP contribution < -0.4 is 15.5 Å². The summed E-state index contributed by atoms with van der Waals surface area (Å²) >= 11 is 0. The van der Waals surface area contributed by atoms with E-state index >= 15 is 0 Å². The molecule has 2 bridgehead atoms. The normalized spacial score (nSPS) is 27.3. The Morgan fingerprint density at radius 2 is 2.02 bits per heavy atom. The van der Waals surface area contributed by atoms with E-state index in [2.05, 4.69) is 42.7 Å². The number of piperidine rings is 1. The predicted octanol–water partition coefficient (Wildman–Crippen LogP) is 3.26. The van der Waals surface area contributed by atoms with Gasteiger partial charge in [-0.2, -0.15) is 5.10 Å². The summed E-state index contributed by atoms with van der Waals surface area (Å²) in [6, 6.07) is 1.68. The fourth-order valence-electron chi connectivity index (χ4n) is 7.69. The second kappa shape index (κ2) is 12.5. The maximum Gasteiger partial charge on any atom is 0.284 e. The Hall–Kier alpha value is -3.20. The molecule has 3 aromatic heterocycles. The topological polar surface area (TPSA) is 125 Å². The number of nitrogens with one attached hydrogen (secondary N) is 2. The summed E-state index contributed by atoms with van der Waals surface area (Å²) in [5.74, 6) is 0.646. The Labute approximate surface area is 261 Å². The number of morpholine rings is 1. The Balaban J connectivity index is 1.03. The number of hydrogen-bond donors (Lipinski definition) is 3. The van der Waals surface area contributed by atoms with E-state index in [-0.39, 0.29) is 29.4 Å². The molecular weight excluding hydrogens is 584 g/mol. The van der Waals surface area contributed by atoms with E-state index in [4.69, 9.17) is 4.74 Å². The average molecular weight is 628 g/mol. The van der Waals surface area contributed by atoms with Gasteiger partial charge in [0.2, 0.25) is 0 Å². The van der Waals surface area contributed by atoms with E-state index < -0.39 is 23.6 Å². The van der Waals surface area contributed by atoms with Crippen molar-refractivity contribution in [1.82, 2.24) is 34.6 Å². The van der Waals surface area contributed by atoms with Crippen LogP contribution in [0.1, 0.15) is 79.9 Å². The summed E-state index contributed by atoms with van der Waals surface area (Å²) in [5, 5.41) is 26.4. The Morgan fingerprint density at radius 1 is 1.22 bits per heavy atom. The zero-order valence-corrected chi connectivity index (χ0v) is 25.7. The molecular formula is C31H43F2N9O3. The molecule has 3 saturated heterocycles. The minimum atomic E-state index is -2.87. The molecule has 1 amide bonds. The Morgan fingerprint density at radius 3 is 2.73 bits per heavy atom. The highest BCUT2D eigenvalue weighted by Crippen LogP contribution is 2.38. The molecule has 3 aromatic rings. The van der Waals surface area contributed by atoms with Gasteiger partial charge in [-0.05, 0) is 90.0 Å². The largest absolute Gasteiger partial charge is 0.389 e. The lowest BCUT2D eigenvalue weighted by atomic mass is 9.81. The molecule has 2 atom stereocenters. The second-order valence-corrected chi connectivity index (χ2v) is 13.4. The van der Waals surface area contributed by atoms with Crippen molar-refractivity contribution in [2.45, 2.75) is 81.6 Å². The van der Waals surface area contributed by atoms with Crippen molar-refractivity contribution < 1.29 is 23.4 Å². The zero-order valence-electron chi connectivity index (χ0n) is 25.7. The van der Waals surface area contributed by atoms with Gasteiger partial charge in [-0.3, -0.25) is 9.48 Å². The summed E-state index contributed by atoms with van der Waals surface area (Å²) in [5.41, 5.74) is -0.722. The molecule has 244 valence electrons. The fourth-order valence-corrected chi connectivity index (χ4v) is 7.69. The van der Waals surface area contributed by atoms with Crippen molar-refractivity contribution in [3.05, 3.63) is 35.9 Å². The van der Waals surface area contributed by atoms with Gasteiger partial charge in [-0.15, -0.1) is 5.10 Å². The van der Waals surface area contributed by atoms with Gasteiger partial charge in [0, 0.05) is 31.7 Å². The van der Waals surface area contributed by atoms with Crippen molar-refractivity contribution in [3.63, 3.8) is 0 Å². The van der Waals surface area contributed by atoms with Crippen LogP contribution in [0.5, 0.6) is 0 Å². The highest BCUT2D eigenvalue weighted by molar-refractivity contribution is 6.12. The maximum absolute atomic E-state index is 14.2. The van der Waals surface area contributed by atoms with Crippen molar-refractivity contribution >= 4 is 23.1 Å². The standard InChI is InChI=1S/C31H43F2N9O3/c1-39(14-7-20-5-11-34-12-6-20)19-31(44)8-3-21(4-9-31)42-17-24(26(37-42)27(32)33)36-30(43)25-28-35-10-2-13-41(28)38-29(25)40-16-23-15-22(40)18-45-23/h2,10,13,17,20-23,27,34,44H,3-9,11-12,14-16,18-19H2,1H3,(H,36,43)/t21?,22-,23-,31?/m1/s1. The number of rotatable bonds is 10. The number of hydrogen-bond acceptors (Lipinski definition) is 9. The van der Waals surface area contributed by atoms with Gasteiger partial charge in [0.15, 0.2) is 17.2 Å². The third kappa shape index (κ3) is 6.29. The molecule has 0 unspecified atom stereocenters. The summed E-state index contributed by atoms with van der Waals surface area (Å²) in [6.45, 7) is 4.87. The smallest absolute Gasteiger partial charge is 0.284 e. The van der Waals surface area contributed by atoms with E-state index in [9.17, 15) is 18.7 Å². The average Bonchev–Trinajstić information content (AvgIpc) is 3.83. The number of alkyl halides is 2. The predicted molar refractivity (Wildman–Crippen MR) is 164 cm³/mol. The highest BCUT2D eigenvalue weighted by atomic mass is 19.3. The van der Waals surface area contributed by atoms with Crippen molar-refractivity contribution in [2.24, 2.45) is 5.92 Å². The maximum atomic E-state index is 14.2. The number of fused-ring (bicyclic) bond motifs is 3. The number of aromatic nitrogens is 5. The number of anilines is 2. The van der Waals surface area contributed by atoms with Gasteiger partial charge in [-0.1, -0.05) is 0 Å². The summed E-state index contributed by atoms with van der Waals surface area (Å²) in [6.07, 6.45) is 8.75. The fraction of sp³-hybridized carbons (Fsp3) is 0.677. The first-order valence-electron chi connectivity index (χ1n) is 16.3. The molecule has 12 nitrogen and oxygen atoms in total. The first-order valence-corrected chi connectivity index (χ1v) is 16.3. The minimum Gasteiger partial charge on any atom is -0.389 e. The van der Waals surface area contributed by atoms with Gasteiger partial charge in [0.1, 0.15) is 5.56 Å². The molecule has 4 aliphatic rings. The van der Waals surface area contributed by atoms with Crippen LogP contribution in [0.3, 0.4) is 0 Å². The lowest BCUT2D eigenvalue weighted by Crippen LogP contribution is -2.45. The second-order valence-electron chi connectivity index (χ2n) is 13.4. The summed E-state index contributed by atoms with van der Waals surface area (Å²) in [4.78, 5) is 22.5. The van der Waals surface area contributed by atoms with Crippen molar-refractivity contribution in [2.75, 3.05) is 56.6 Å². The van der Waals surface area contributed by atoms with Crippen molar-refractivity contribution in [1.29, 1.82) is 0 Å². The van der Waals surface area contributed by atoms with Crippen LogP contribution >= 0.6 is 0 Å². The number of carbonyl (C=O) groups is 1. The minimum absolute atomic E-state index is 0.0269. The van der Waals surface area contributed by atoms with Crippen LogP contribution in [0, 0.1) is 5.92 Å². The van der Waals surface area contributed by atoms with E-state index in [1.54, 1.807) is 27.7 Å². The lowest BCUT2D eigenvalue weighted by molar-refractivity contribution is -0.0322. The van der Waals surface area contributed by atoms with Gasteiger partial charge in [-0.25, -0.2) is 18.3 Å². The summed E-state index contributed by atoms with van der Waals surface area (Å²) < 4.78 is 37.3. The number of halogens is 2. The number of carbonyl (C=O) groups excluding carboxylic acids is 1. The third-order valence-corrected chi connectivity index (χ3v) is 10.2. The first-order chi connectivity index (χ1) is 21.8. The van der Waals surface area contributed by atoms with Crippen LogP contribution in [-0.2, 0) is 4.74 Å². The van der Waals surface area contributed by atoms with E-state index in [0.717, 1.165) is 38.4 Å². The highest BCUT2D eigenvalue weighted by Gasteiger charge is 2.42. The lowest BCUT2D eigenvalue weighted by Gasteiger charge is -2.39. The number of likely N-dealkylation sites (N-methyl/N-ethyl adjacent to an activating group) is 1. The molecule has 1 aliphatic carbocycles. The van der Waals surface area contributed by atoms with Gasteiger partial charge in [0.05, 0.1) is 36.1 Å². The van der Waals surface area contributed by atoms with Crippen LogP contribution in [-0.4, -0.2) is 104 Å². The van der Waals surface area contributed by atoms with Crippen LogP contribution in [0.25, 0.3) is 5.65 Å². The first kappa shape index (κ1) is 30.5. The van der Waals surface area contributed by atoms with Gasteiger partial charge < -0.3 is 30.3 Å². The van der Waals surface area contributed by atoms with Gasteiger partial charge in [0.25, 0.3) is 12.3 Å². The van der Waals surface area contributed by atoms with E-state index in [1.165, 1.54) is 19.0 Å². The Kier molecular flexibility index (Phi) is 8.48. The molecule has 0 spiro atoms. The molecule has 0 radical (unpaired) electrons. The molecule has 1 saturated carbocycles.